The second kappa shape index (κ2) is 6.88. The Morgan fingerprint density at radius 3 is 2.21 bits per heavy atom. The lowest BCUT2D eigenvalue weighted by Crippen LogP contribution is -2.29. The maximum absolute atomic E-state index is 3.43. The zero-order valence-corrected chi connectivity index (χ0v) is 12.8. The number of hydrogen-bond acceptors (Lipinski definition) is 2. The van der Waals surface area contributed by atoms with Crippen LogP contribution in [0.3, 0.4) is 0 Å². The molecule has 1 unspecified atom stereocenters. The van der Waals surface area contributed by atoms with Gasteiger partial charge in [-0.2, -0.15) is 11.3 Å². The first-order chi connectivity index (χ1) is 9.19. The maximum atomic E-state index is 3.43. The Kier molecular flexibility index (Phi) is 5.17. The van der Waals surface area contributed by atoms with Gasteiger partial charge >= 0.3 is 0 Å². The highest BCUT2D eigenvalue weighted by Gasteiger charge is 2.09. The van der Waals surface area contributed by atoms with Crippen molar-refractivity contribution in [1.82, 2.24) is 5.32 Å². The lowest BCUT2D eigenvalue weighted by molar-refractivity contribution is 0.557. The largest absolute Gasteiger partial charge is 0.316 e. The molecule has 0 fully saturated rings. The van der Waals surface area contributed by atoms with Crippen LogP contribution in [0.1, 0.15) is 36.5 Å². The Bertz CT molecular complexity index is 470. The minimum absolute atomic E-state index is 0.513. The van der Waals surface area contributed by atoms with Gasteiger partial charge in [-0.1, -0.05) is 38.1 Å². The van der Waals surface area contributed by atoms with Crippen LogP contribution in [0.2, 0.25) is 0 Å². The summed E-state index contributed by atoms with van der Waals surface area (Å²) < 4.78 is 0. The fraction of sp³-hybridized carbons (Fsp3) is 0.412. The molecule has 1 aromatic carbocycles. The molecule has 1 atom stereocenters. The minimum atomic E-state index is 0.513. The van der Waals surface area contributed by atoms with Gasteiger partial charge in [-0.15, -0.1) is 0 Å². The molecule has 2 rings (SSSR count). The molecular formula is C17H23NS. The molecule has 1 nitrogen and oxygen atoms in total. The number of hydrogen-bond donors (Lipinski definition) is 1. The van der Waals surface area contributed by atoms with Crippen LogP contribution in [-0.2, 0) is 12.8 Å². The number of nitrogens with one attached hydrogen (secondary N) is 1. The molecule has 0 aliphatic heterocycles. The zero-order chi connectivity index (χ0) is 13.7. The van der Waals surface area contributed by atoms with Gasteiger partial charge in [0.15, 0.2) is 0 Å². The first-order valence-electron chi connectivity index (χ1n) is 6.96. The summed E-state index contributed by atoms with van der Waals surface area (Å²) >= 11 is 1.78. The molecule has 0 aliphatic carbocycles. The molecule has 2 heteroatoms. The van der Waals surface area contributed by atoms with Crippen molar-refractivity contribution < 1.29 is 0 Å². The number of likely N-dealkylation sites (N-methyl/N-ethyl adjacent to an activating group) is 1. The van der Waals surface area contributed by atoms with E-state index in [2.05, 4.69) is 67.3 Å². The molecule has 1 N–H and O–H groups in total. The van der Waals surface area contributed by atoms with Gasteiger partial charge < -0.3 is 5.32 Å². The topological polar surface area (TPSA) is 12.0 Å². The Balaban J connectivity index is 1.97. The summed E-state index contributed by atoms with van der Waals surface area (Å²) in [6.45, 7) is 4.48. The van der Waals surface area contributed by atoms with E-state index in [0.29, 0.717) is 12.0 Å². The minimum Gasteiger partial charge on any atom is -0.316 e. The highest BCUT2D eigenvalue weighted by Crippen LogP contribution is 2.16. The summed E-state index contributed by atoms with van der Waals surface area (Å²) in [5.74, 6) is 0.611. The molecule has 0 amide bonds. The quantitative estimate of drug-likeness (QED) is 0.830. The Labute approximate surface area is 120 Å². The molecule has 0 bridgehead atoms. The van der Waals surface area contributed by atoms with Crippen molar-refractivity contribution in [1.29, 1.82) is 0 Å². The van der Waals surface area contributed by atoms with Crippen LogP contribution >= 0.6 is 11.3 Å². The second-order valence-electron chi connectivity index (χ2n) is 5.42. The number of rotatable bonds is 6. The predicted octanol–water partition coefficient (Wildman–Crippen LogP) is 4.24. The predicted molar refractivity (Wildman–Crippen MR) is 85.1 cm³/mol. The second-order valence-corrected chi connectivity index (χ2v) is 6.20. The molecule has 0 aliphatic rings. The molecule has 102 valence electrons. The van der Waals surface area contributed by atoms with E-state index in [1.54, 1.807) is 11.3 Å². The third kappa shape index (κ3) is 4.19. The van der Waals surface area contributed by atoms with Gasteiger partial charge in [0.2, 0.25) is 0 Å². The van der Waals surface area contributed by atoms with E-state index in [-0.39, 0.29) is 0 Å². The monoisotopic (exact) mass is 273 g/mol. The molecule has 2 aromatic rings. The highest BCUT2D eigenvalue weighted by molar-refractivity contribution is 7.07. The molecule has 0 radical (unpaired) electrons. The Morgan fingerprint density at radius 2 is 1.68 bits per heavy atom. The van der Waals surface area contributed by atoms with Crippen molar-refractivity contribution in [3.63, 3.8) is 0 Å². The van der Waals surface area contributed by atoms with Gasteiger partial charge in [0, 0.05) is 6.04 Å². The van der Waals surface area contributed by atoms with Gasteiger partial charge in [-0.3, -0.25) is 0 Å². The first-order valence-corrected chi connectivity index (χ1v) is 7.90. The lowest BCUT2D eigenvalue weighted by atomic mass is 9.97. The fourth-order valence-corrected chi connectivity index (χ4v) is 2.97. The molecule has 1 heterocycles. The van der Waals surface area contributed by atoms with Gasteiger partial charge in [-0.25, -0.2) is 0 Å². The average Bonchev–Trinajstić information content (AvgIpc) is 2.91. The van der Waals surface area contributed by atoms with Crippen molar-refractivity contribution in [2.24, 2.45) is 0 Å². The van der Waals surface area contributed by atoms with Crippen molar-refractivity contribution >= 4 is 11.3 Å². The van der Waals surface area contributed by atoms with Gasteiger partial charge in [0.1, 0.15) is 0 Å². The van der Waals surface area contributed by atoms with Crippen molar-refractivity contribution in [3.8, 4) is 0 Å². The van der Waals surface area contributed by atoms with E-state index >= 15 is 0 Å². The van der Waals surface area contributed by atoms with Crippen LogP contribution in [0.15, 0.2) is 41.1 Å². The van der Waals surface area contributed by atoms with Gasteiger partial charge in [-0.05, 0) is 59.3 Å². The van der Waals surface area contributed by atoms with Crippen molar-refractivity contribution in [2.45, 2.75) is 38.6 Å². The van der Waals surface area contributed by atoms with Crippen LogP contribution in [0.25, 0.3) is 0 Å². The van der Waals surface area contributed by atoms with E-state index < -0.39 is 0 Å². The van der Waals surface area contributed by atoms with Crippen LogP contribution in [0, 0.1) is 0 Å². The van der Waals surface area contributed by atoms with E-state index in [4.69, 9.17) is 0 Å². The Hall–Kier alpha value is -1.12. The molecule has 0 spiro atoms. The molecular weight excluding hydrogens is 250 g/mol. The standard InChI is InChI=1S/C17H23NS/c1-13(2)16-6-4-14(5-7-16)10-17(18-3)11-15-8-9-19-12-15/h4-9,12-13,17-18H,10-11H2,1-3H3. The normalized spacial score (nSPS) is 12.8. The molecule has 1 aromatic heterocycles. The van der Waals surface area contributed by atoms with Crippen LogP contribution < -0.4 is 5.32 Å². The third-order valence-corrected chi connectivity index (χ3v) is 4.33. The summed E-state index contributed by atoms with van der Waals surface area (Å²) in [5, 5.41) is 7.83. The van der Waals surface area contributed by atoms with E-state index in [9.17, 15) is 0 Å². The summed E-state index contributed by atoms with van der Waals surface area (Å²) in [4.78, 5) is 0. The van der Waals surface area contributed by atoms with E-state index in [1.165, 1.54) is 16.7 Å². The number of benzene rings is 1. The molecule has 0 saturated carbocycles. The average molecular weight is 273 g/mol. The van der Waals surface area contributed by atoms with Crippen LogP contribution in [-0.4, -0.2) is 13.1 Å². The summed E-state index contributed by atoms with van der Waals surface area (Å²) in [6, 6.07) is 11.8. The first kappa shape index (κ1) is 14.3. The highest BCUT2D eigenvalue weighted by atomic mass is 32.1. The maximum Gasteiger partial charge on any atom is 0.0145 e. The van der Waals surface area contributed by atoms with Crippen LogP contribution in [0.4, 0.5) is 0 Å². The molecule has 19 heavy (non-hydrogen) atoms. The van der Waals surface area contributed by atoms with E-state index in [0.717, 1.165) is 12.8 Å². The summed E-state index contributed by atoms with van der Waals surface area (Å²) in [7, 11) is 2.06. The Morgan fingerprint density at radius 1 is 1.00 bits per heavy atom. The van der Waals surface area contributed by atoms with E-state index in [1.807, 2.05) is 0 Å². The van der Waals surface area contributed by atoms with Crippen molar-refractivity contribution in [2.75, 3.05) is 7.05 Å². The van der Waals surface area contributed by atoms with Gasteiger partial charge in [0.05, 0.1) is 0 Å². The summed E-state index contributed by atoms with van der Waals surface area (Å²) in [5.41, 5.74) is 4.27. The van der Waals surface area contributed by atoms with Crippen LogP contribution in [0.5, 0.6) is 0 Å². The fourth-order valence-electron chi connectivity index (χ4n) is 2.29. The summed E-state index contributed by atoms with van der Waals surface area (Å²) in [6.07, 6.45) is 2.19. The SMILES string of the molecule is CNC(Cc1ccc(C(C)C)cc1)Cc1ccsc1. The third-order valence-electron chi connectivity index (χ3n) is 3.60. The zero-order valence-electron chi connectivity index (χ0n) is 12.0. The van der Waals surface area contributed by atoms with Crippen molar-refractivity contribution in [3.05, 3.63) is 57.8 Å². The van der Waals surface area contributed by atoms with Gasteiger partial charge in [0.25, 0.3) is 0 Å². The number of thiophene rings is 1. The molecule has 0 saturated heterocycles. The smallest absolute Gasteiger partial charge is 0.0145 e. The lowest BCUT2D eigenvalue weighted by Gasteiger charge is -2.16.